The number of nitrogens with zero attached hydrogens (tertiary/aromatic N) is 5. The number of hydrogen-bond donors (Lipinski definition) is 0. The van der Waals surface area contributed by atoms with Gasteiger partial charge >= 0.3 is 0 Å². The Morgan fingerprint density at radius 1 is 1.03 bits per heavy atom. The third kappa shape index (κ3) is 4.29. The standard InChI is InChI=1S/C28H25N5O2/c29-17-19-6-8-20(9-7-19)18-32-12-14-33(15-13-32)28(34)23-16-24(21-10-11-21)30-27-25(23)26(31-35-27)22-4-2-1-3-5-22/h1-9,16,21H,10-15,18H2. The van der Waals surface area contributed by atoms with Crippen LogP contribution in [-0.2, 0) is 6.54 Å². The third-order valence-corrected chi connectivity index (χ3v) is 6.89. The van der Waals surface area contributed by atoms with Gasteiger partial charge in [0.05, 0.1) is 22.6 Å². The van der Waals surface area contributed by atoms with Crippen molar-refractivity contribution in [2.45, 2.75) is 25.3 Å². The van der Waals surface area contributed by atoms with E-state index in [9.17, 15) is 4.79 Å². The molecule has 1 aliphatic carbocycles. The Labute approximate surface area is 203 Å². The lowest BCUT2D eigenvalue weighted by molar-refractivity contribution is 0.0630. The SMILES string of the molecule is N#Cc1ccc(CN2CCN(C(=O)c3cc(C4CC4)nc4onc(-c5ccccc5)c34)CC2)cc1. The smallest absolute Gasteiger partial charge is 0.259 e. The number of amides is 1. The number of rotatable bonds is 5. The average Bonchev–Trinajstić information content (AvgIpc) is 3.68. The first-order valence-electron chi connectivity index (χ1n) is 12.1. The summed E-state index contributed by atoms with van der Waals surface area (Å²) in [4.78, 5) is 22.8. The molecule has 4 aromatic rings. The number of nitriles is 1. The molecular weight excluding hydrogens is 438 g/mol. The molecule has 0 N–H and O–H groups in total. The maximum absolute atomic E-state index is 13.8. The second-order valence-corrected chi connectivity index (χ2v) is 9.32. The van der Waals surface area contributed by atoms with Crippen LogP contribution >= 0.6 is 0 Å². The quantitative estimate of drug-likeness (QED) is 0.430. The fourth-order valence-electron chi connectivity index (χ4n) is 4.74. The van der Waals surface area contributed by atoms with Crippen LogP contribution in [0.15, 0.2) is 65.2 Å². The Bertz CT molecular complexity index is 1410. The van der Waals surface area contributed by atoms with Gasteiger partial charge in [-0.05, 0) is 36.6 Å². The van der Waals surface area contributed by atoms with Crippen LogP contribution < -0.4 is 0 Å². The van der Waals surface area contributed by atoms with Gasteiger partial charge in [0.25, 0.3) is 11.6 Å². The highest BCUT2D eigenvalue weighted by molar-refractivity contribution is 6.09. The molecule has 2 fully saturated rings. The van der Waals surface area contributed by atoms with Crippen molar-refractivity contribution in [3.05, 3.63) is 83.0 Å². The van der Waals surface area contributed by atoms with E-state index in [4.69, 9.17) is 14.8 Å². The lowest BCUT2D eigenvalue weighted by atomic mass is 10.0. The maximum atomic E-state index is 13.8. The van der Waals surface area contributed by atoms with Crippen LogP contribution in [0.3, 0.4) is 0 Å². The highest BCUT2D eigenvalue weighted by Crippen LogP contribution is 2.41. The molecule has 0 atom stereocenters. The van der Waals surface area contributed by atoms with Crippen LogP contribution in [0.5, 0.6) is 0 Å². The van der Waals surface area contributed by atoms with Crippen molar-refractivity contribution in [1.29, 1.82) is 5.26 Å². The highest BCUT2D eigenvalue weighted by Gasteiger charge is 2.31. The molecule has 1 saturated carbocycles. The summed E-state index contributed by atoms with van der Waals surface area (Å²) in [6.45, 7) is 3.71. The predicted octanol–water partition coefficient (Wildman–Crippen LogP) is 4.60. The van der Waals surface area contributed by atoms with E-state index in [1.54, 1.807) is 0 Å². The van der Waals surface area contributed by atoms with Gasteiger partial charge in [-0.2, -0.15) is 5.26 Å². The second kappa shape index (κ2) is 8.97. The maximum Gasteiger partial charge on any atom is 0.259 e. The van der Waals surface area contributed by atoms with Crippen molar-refractivity contribution >= 4 is 17.0 Å². The summed E-state index contributed by atoms with van der Waals surface area (Å²) < 4.78 is 5.64. The zero-order valence-electron chi connectivity index (χ0n) is 19.4. The Balaban J connectivity index is 1.25. The summed E-state index contributed by atoms with van der Waals surface area (Å²) in [7, 11) is 0. The van der Waals surface area contributed by atoms with Gasteiger partial charge in [0, 0.05) is 49.9 Å². The molecular formula is C28H25N5O2. The van der Waals surface area contributed by atoms with Gasteiger partial charge in [0.2, 0.25) is 0 Å². The zero-order chi connectivity index (χ0) is 23.8. The molecule has 7 nitrogen and oxygen atoms in total. The first-order chi connectivity index (χ1) is 17.2. The van der Waals surface area contributed by atoms with Gasteiger partial charge in [-0.3, -0.25) is 9.69 Å². The summed E-state index contributed by atoms with van der Waals surface area (Å²) in [5.74, 6) is 0.415. The topological polar surface area (TPSA) is 86.3 Å². The van der Waals surface area contributed by atoms with E-state index in [1.165, 1.54) is 5.56 Å². The summed E-state index contributed by atoms with van der Waals surface area (Å²) in [6.07, 6.45) is 2.19. The van der Waals surface area contributed by atoms with Crippen LogP contribution in [0.2, 0.25) is 0 Å². The van der Waals surface area contributed by atoms with Crippen molar-refractivity contribution < 1.29 is 9.32 Å². The van der Waals surface area contributed by atoms with Crippen LogP contribution in [0.1, 0.15) is 45.9 Å². The molecule has 0 spiro atoms. The van der Waals surface area contributed by atoms with Gasteiger partial charge in [0.15, 0.2) is 0 Å². The fraction of sp³-hybridized carbons (Fsp3) is 0.286. The van der Waals surface area contributed by atoms with Gasteiger partial charge in [-0.15, -0.1) is 0 Å². The van der Waals surface area contributed by atoms with E-state index in [0.29, 0.717) is 46.9 Å². The molecule has 0 bridgehead atoms. The number of carbonyl (C=O) groups excluding carboxylic acids is 1. The molecule has 174 valence electrons. The largest absolute Gasteiger partial charge is 0.336 e. The van der Waals surface area contributed by atoms with Crippen LogP contribution in [0, 0.1) is 11.3 Å². The van der Waals surface area contributed by atoms with Gasteiger partial charge in [-0.25, -0.2) is 4.98 Å². The van der Waals surface area contributed by atoms with Crippen molar-refractivity contribution in [2.24, 2.45) is 0 Å². The summed E-state index contributed by atoms with van der Waals surface area (Å²) in [5, 5.41) is 14.0. The Morgan fingerprint density at radius 2 is 1.77 bits per heavy atom. The van der Waals surface area contributed by atoms with Crippen molar-refractivity contribution in [1.82, 2.24) is 19.9 Å². The van der Waals surface area contributed by atoms with Crippen molar-refractivity contribution in [3.8, 4) is 17.3 Å². The van der Waals surface area contributed by atoms with E-state index in [2.05, 4.69) is 16.1 Å². The second-order valence-electron chi connectivity index (χ2n) is 9.32. The number of carbonyl (C=O) groups is 1. The van der Waals surface area contributed by atoms with Crippen molar-refractivity contribution in [2.75, 3.05) is 26.2 Å². The molecule has 7 heteroatoms. The van der Waals surface area contributed by atoms with E-state index >= 15 is 0 Å². The lowest BCUT2D eigenvalue weighted by Gasteiger charge is -2.35. The number of piperazine rings is 1. The van der Waals surface area contributed by atoms with Gasteiger partial charge < -0.3 is 9.42 Å². The highest BCUT2D eigenvalue weighted by atomic mass is 16.5. The molecule has 2 aromatic carbocycles. The number of benzene rings is 2. The Kier molecular flexibility index (Phi) is 5.51. The predicted molar refractivity (Wildman–Crippen MR) is 132 cm³/mol. The van der Waals surface area contributed by atoms with Crippen LogP contribution in [0.25, 0.3) is 22.4 Å². The minimum atomic E-state index is 0.0118. The van der Waals surface area contributed by atoms with E-state index in [0.717, 1.165) is 43.7 Å². The molecule has 6 rings (SSSR count). The summed E-state index contributed by atoms with van der Waals surface area (Å²) in [6, 6.07) is 21.6. The molecule has 2 aromatic heterocycles. The minimum Gasteiger partial charge on any atom is -0.336 e. The number of fused-ring (bicyclic) bond motifs is 1. The number of pyridine rings is 1. The van der Waals surface area contributed by atoms with Crippen LogP contribution in [-0.4, -0.2) is 52.0 Å². The number of hydrogen-bond acceptors (Lipinski definition) is 6. The minimum absolute atomic E-state index is 0.0118. The zero-order valence-corrected chi connectivity index (χ0v) is 19.4. The molecule has 1 amide bonds. The average molecular weight is 464 g/mol. The van der Waals surface area contributed by atoms with Crippen molar-refractivity contribution in [3.63, 3.8) is 0 Å². The van der Waals surface area contributed by atoms with E-state index < -0.39 is 0 Å². The molecule has 1 saturated heterocycles. The first-order valence-corrected chi connectivity index (χ1v) is 12.1. The molecule has 1 aliphatic heterocycles. The lowest BCUT2D eigenvalue weighted by Crippen LogP contribution is -2.48. The molecule has 0 radical (unpaired) electrons. The normalized spacial score (nSPS) is 16.4. The molecule has 2 aliphatic rings. The first kappa shape index (κ1) is 21.5. The third-order valence-electron chi connectivity index (χ3n) is 6.89. The summed E-state index contributed by atoms with van der Waals surface area (Å²) in [5.41, 5.74) is 5.42. The fourth-order valence-corrected chi connectivity index (χ4v) is 4.74. The van der Waals surface area contributed by atoms with E-state index in [-0.39, 0.29) is 5.91 Å². The van der Waals surface area contributed by atoms with Crippen LogP contribution in [0.4, 0.5) is 0 Å². The van der Waals surface area contributed by atoms with E-state index in [1.807, 2.05) is 65.6 Å². The van der Waals surface area contributed by atoms with Gasteiger partial charge in [0.1, 0.15) is 5.69 Å². The molecule has 3 heterocycles. The molecule has 0 unspecified atom stereocenters. The Morgan fingerprint density at radius 3 is 2.46 bits per heavy atom. The Hall–Kier alpha value is -4.02. The summed E-state index contributed by atoms with van der Waals surface area (Å²) >= 11 is 0. The number of aromatic nitrogens is 2. The monoisotopic (exact) mass is 463 g/mol. The molecule has 35 heavy (non-hydrogen) atoms. The van der Waals surface area contributed by atoms with Gasteiger partial charge in [-0.1, -0.05) is 47.6 Å².